The number of carbonyl (C=O) groups is 2. The molecular weight excluding hydrogens is 228 g/mol. The first-order valence-corrected chi connectivity index (χ1v) is 6.89. The first-order chi connectivity index (χ1) is 7.56. The minimum absolute atomic E-state index is 0.225. The number of rotatable bonds is 5. The van der Waals surface area contributed by atoms with E-state index in [2.05, 4.69) is 15.0 Å². The molecule has 0 aromatic heterocycles. The first kappa shape index (κ1) is 14.8. The van der Waals surface area contributed by atoms with Gasteiger partial charge in [-0.1, -0.05) is 37.4 Å². The molecular formula is C9H18N2O4Si. The largest absolute Gasteiger partial charge is 0.507 e. The molecule has 0 aromatic carbocycles. The summed E-state index contributed by atoms with van der Waals surface area (Å²) in [6.07, 6.45) is -0.683. The van der Waals surface area contributed by atoms with Crippen molar-refractivity contribution in [2.75, 3.05) is 6.61 Å². The number of amides is 2. The third-order valence-electron chi connectivity index (χ3n) is 1.48. The smallest absolute Gasteiger partial charge is 0.452 e. The number of nitrogens with zero attached hydrogens (tertiary/aromatic N) is 2. The summed E-state index contributed by atoms with van der Waals surface area (Å²) in [4.78, 5) is 21.8. The fourth-order valence-corrected chi connectivity index (χ4v) is 1.35. The fourth-order valence-electron chi connectivity index (χ4n) is 0.681. The highest BCUT2D eigenvalue weighted by Gasteiger charge is 2.04. The van der Waals surface area contributed by atoms with Crippen molar-refractivity contribution in [3.8, 4) is 0 Å². The highest BCUT2D eigenvalue weighted by molar-refractivity contribution is 6.30. The SMILES string of the molecule is CCC[SiH2]OC(=O)/N=N/C(=O)OCC(C)C. The highest BCUT2D eigenvalue weighted by atomic mass is 28.2. The Kier molecular flexibility index (Phi) is 8.32. The van der Waals surface area contributed by atoms with Gasteiger partial charge in [0.2, 0.25) is 9.76 Å². The summed E-state index contributed by atoms with van der Waals surface area (Å²) in [5, 5.41) is 6.18. The van der Waals surface area contributed by atoms with Crippen molar-refractivity contribution < 1.29 is 18.8 Å². The normalized spacial score (nSPS) is 11.5. The molecule has 2 amide bonds. The van der Waals surface area contributed by atoms with E-state index in [4.69, 9.17) is 4.43 Å². The molecule has 0 bridgehead atoms. The van der Waals surface area contributed by atoms with Crippen LogP contribution >= 0.6 is 0 Å². The minimum Gasteiger partial charge on any atom is -0.507 e. The van der Waals surface area contributed by atoms with E-state index in [9.17, 15) is 9.59 Å². The Labute approximate surface area is 97.4 Å². The van der Waals surface area contributed by atoms with Crippen LogP contribution in [-0.4, -0.2) is 28.6 Å². The maximum atomic E-state index is 10.9. The van der Waals surface area contributed by atoms with Gasteiger partial charge in [-0.05, 0) is 12.0 Å². The van der Waals surface area contributed by atoms with Gasteiger partial charge >= 0.3 is 12.2 Å². The lowest BCUT2D eigenvalue weighted by atomic mass is 10.2. The predicted molar refractivity (Wildman–Crippen MR) is 61.2 cm³/mol. The van der Waals surface area contributed by atoms with Crippen molar-refractivity contribution in [1.29, 1.82) is 0 Å². The third kappa shape index (κ3) is 9.32. The molecule has 0 aromatic rings. The topological polar surface area (TPSA) is 77.3 Å². The lowest BCUT2D eigenvalue weighted by molar-refractivity contribution is 0.141. The summed E-state index contributed by atoms with van der Waals surface area (Å²) in [6.45, 7) is 6.06. The lowest BCUT2D eigenvalue weighted by Crippen LogP contribution is -2.07. The second kappa shape index (κ2) is 9.02. The van der Waals surface area contributed by atoms with Crippen molar-refractivity contribution in [1.82, 2.24) is 0 Å². The Bertz CT molecular complexity index is 256. The van der Waals surface area contributed by atoms with Crippen molar-refractivity contribution in [3.63, 3.8) is 0 Å². The van der Waals surface area contributed by atoms with E-state index in [1.54, 1.807) is 0 Å². The highest BCUT2D eigenvalue weighted by Crippen LogP contribution is 1.96. The Hall–Kier alpha value is -1.24. The predicted octanol–water partition coefficient (Wildman–Crippen LogP) is 2.28. The molecule has 7 heteroatoms. The van der Waals surface area contributed by atoms with Gasteiger partial charge in [-0.2, -0.15) is 0 Å². The standard InChI is InChI=1S/C9H18N2O4Si/c1-4-5-16-15-9(13)11-10-8(12)14-6-7(2)3/h7H,4-6,16H2,1-3H3/b11-10+. The summed E-state index contributed by atoms with van der Waals surface area (Å²) in [7, 11) is -0.861. The van der Waals surface area contributed by atoms with Crippen molar-refractivity contribution in [3.05, 3.63) is 0 Å². The van der Waals surface area contributed by atoms with Gasteiger partial charge in [-0.3, -0.25) is 0 Å². The van der Waals surface area contributed by atoms with Crippen molar-refractivity contribution >= 4 is 21.9 Å². The molecule has 0 saturated carbocycles. The van der Waals surface area contributed by atoms with Gasteiger partial charge < -0.3 is 9.16 Å². The van der Waals surface area contributed by atoms with Crippen LogP contribution in [0.2, 0.25) is 6.04 Å². The zero-order valence-corrected chi connectivity index (χ0v) is 11.3. The maximum absolute atomic E-state index is 10.9. The van der Waals surface area contributed by atoms with Gasteiger partial charge in [0.25, 0.3) is 0 Å². The zero-order valence-electron chi connectivity index (χ0n) is 9.93. The molecule has 0 aliphatic carbocycles. The molecule has 0 aliphatic heterocycles. The molecule has 0 fully saturated rings. The number of ether oxygens (including phenoxy) is 1. The van der Waals surface area contributed by atoms with Crippen LogP contribution in [0.25, 0.3) is 0 Å². The van der Waals surface area contributed by atoms with Crippen LogP contribution in [0.4, 0.5) is 9.59 Å². The van der Waals surface area contributed by atoms with Crippen LogP contribution in [0, 0.1) is 5.92 Å². The molecule has 0 rings (SSSR count). The third-order valence-corrected chi connectivity index (χ3v) is 2.92. The van der Waals surface area contributed by atoms with Crippen LogP contribution in [0.15, 0.2) is 10.2 Å². The van der Waals surface area contributed by atoms with E-state index >= 15 is 0 Å². The van der Waals surface area contributed by atoms with E-state index in [-0.39, 0.29) is 12.5 Å². The second-order valence-corrected chi connectivity index (χ2v) is 5.04. The van der Waals surface area contributed by atoms with Crippen LogP contribution in [0.1, 0.15) is 27.2 Å². The lowest BCUT2D eigenvalue weighted by Gasteiger charge is -2.02. The fraction of sp³-hybridized carbons (Fsp3) is 0.778. The van der Waals surface area contributed by atoms with Crippen LogP contribution in [0.3, 0.4) is 0 Å². The van der Waals surface area contributed by atoms with Crippen LogP contribution in [0.5, 0.6) is 0 Å². The van der Waals surface area contributed by atoms with Gasteiger partial charge in [0, 0.05) is 0 Å². The average molecular weight is 246 g/mol. The summed E-state index contributed by atoms with van der Waals surface area (Å²) in [5.41, 5.74) is 0. The molecule has 0 spiro atoms. The van der Waals surface area contributed by atoms with Gasteiger partial charge in [0.15, 0.2) is 0 Å². The molecule has 0 atom stereocenters. The number of hydrogen-bond acceptors (Lipinski definition) is 4. The summed E-state index contributed by atoms with van der Waals surface area (Å²) < 4.78 is 9.47. The van der Waals surface area contributed by atoms with Gasteiger partial charge in [0.1, 0.15) is 0 Å². The molecule has 0 N–H and O–H groups in total. The molecule has 0 heterocycles. The van der Waals surface area contributed by atoms with Gasteiger partial charge in [-0.25, -0.2) is 9.59 Å². The second-order valence-electron chi connectivity index (χ2n) is 3.64. The number of azo groups is 1. The molecule has 16 heavy (non-hydrogen) atoms. The summed E-state index contributed by atoms with van der Waals surface area (Å²) in [6, 6.07) is 0.902. The maximum Gasteiger partial charge on any atom is 0.452 e. The minimum atomic E-state index is -0.861. The molecule has 0 saturated heterocycles. The summed E-state index contributed by atoms with van der Waals surface area (Å²) >= 11 is 0. The first-order valence-electron chi connectivity index (χ1n) is 5.31. The average Bonchev–Trinajstić information content (AvgIpc) is 2.24. The molecule has 0 radical (unpaired) electrons. The quantitative estimate of drug-likeness (QED) is 0.423. The van der Waals surface area contributed by atoms with E-state index in [0.29, 0.717) is 0 Å². The van der Waals surface area contributed by atoms with Gasteiger partial charge in [-0.15, -0.1) is 0 Å². The Morgan fingerprint density at radius 3 is 2.44 bits per heavy atom. The molecule has 92 valence electrons. The van der Waals surface area contributed by atoms with Crippen LogP contribution < -0.4 is 0 Å². The van der Waals surface area contributed by atoms with E-state index in [0.717, 1.165) is 12.5 Å². The molecule has 0 aliphatic rings. The molecule has 0 unspecified atom stereocenters. The van der Waals surface area contributed by atoms with Crippen molar-refractivity contribution in [2.24, 2.45) is 16.1 Å². The van der Waals surface area contributed by atoms with E-state index in [1.807, 2.05) is 20.8 Å². The number of hydrogen-bond donors (Lipinski definition) is 0. The number of carbonyl (C=O) groups excluding carboxylic acids is 2. The monoisotopic (exact) mass is 246 g/mol. The Morgan fingerprint density at radius 2 is 1.88 bits per heavy atom. The van der Waals surface area contributed by atoms with Crippen molar-refractivity contribution in [2.45, 2.75) is 33.2 Å². The molecule has 6 nitrogen and oxygen atoms in total. The van der Waals surface area contributed by atoms with Gasteiger partial charge in [0.05, 0.1) is 6.61 Å². The van der Waals surface area contributed by atoms with Crippen LogP contribution in [-0.2, 0) is 9.16 Å². The summed E-state index contributed by atoms with van der Waals surface area (Å²) in [5.74, 6) is 0.225. The van der Waals surface area contributed by atoms with E-state index in [1.165, 1.54) is 0 Å². The Balaban J connectivity index is 3.71. The Morgan fingerprint density at radius 1 is 1.25 bits per heavy atom. The van der Waals surface area contributed by atoms with E-state index < -0.39 is 21.9 Å². The zero-order chi connectivity index (χ0) is 12.4.